The third-order valence-electron chi connectivity index (χ3n) is 9.28. The van der Waals surface area contributed by atoms with E-state index in [1.165, 1.54) is 5.56 Å². The number of carboxylic acid groups (broad SMARTS) is 2. The summed E-state index contributed by atoms with van der Waals surface area (Å²) < 4.78 is 26.5. The number of carboxylic acids is 2. The maximum atomic E-state index is 16.1. The van der Waals surface area contributed by atoms with E-state index in [4.69, 9.17) is 19.6 Å². The first-order valence-corrected chi connectivity index (χ1v) is 16.4. The molecule has 5 rings (SSSR count). The minimum Gasteiger partial charge on any atom is -0.481 e. The number of ether oxygens (including phenoxy) is 2. The van der Waals surface area contributed by atoms with Gasteiger partial charge in [0, 0.05) is 56.6 Å². The minimum absolute atomic E-state index is 0.157. The number of carbonyl (C=O) groups is 4. The minimum atomic E-state index is -2.93. The number of halogens is 1. The van der Waals surface area contributed by atoms with E-state index in [0.717, 1.165) is 42.1 Å². The molecular formula is C34H43FN4O9. The van der Waals surface area contributed by atoms with E-state index < -0.39 is 53.9 Å². The fraction of sp³-hybridized carbons (Fsp3) is 0.559. The molecule has 0 bridgehead atoms. The number of likely N-dealkylation sites (tertiary alicyclic amines) is 1. The first-order valence-electron chi connectivity index (χ1n) is 16.4. The topological polar surface area (TPSA) is 179 Å². The smallest absolute Gasteiger partial charge is 0.336 e. The van der Waals surface area contributed by atoms with Gasteiger partial charge in [-0.2, -0.15) is 0 Å². The van der Waals surface area contributed by atoms with Crippen LogP contribution in [-0.4, -0.2) is 113 Å². The third-order valence-corrected chi connectivity index (χ3v) is 9.28. The highest BCUT2D eigenvalue weighted by Gasteiger charge is 2.42. The molecule has 0 radical (unpaired) electrons. The summed E-state index contributed by atoms with van der Waals surface area (Å²) in [5.41, 5.74) is -0.666. The number of morpholine rings is 1. The predicted octanol–water partition coefficient (Wildman–Crippen LogP) is 2.55. The van der Waals surface area contributed by atoms with Crippen LogP contribution in [0.4, 0.5) is 15.9 Å². The number of fused-ring (bicyclic) bond motifs is 1. The Bertz CT molecular complexity index is 1500. The Hall–Kier alpha value is -4.14. The number of hydrogen-bond acceptors (Lipinski definition) is 11. The number of aliphatic hydroxyl groups is 1. The number of anilines is 2. The van der Waals surface area contributed by atoms with Crippen LogP contribution < -0.4 is 10.2 Å². The van der Waals surface area contributed by atoms with Gasteiger partial charge < -0.3 is 35.0 Å². The zero-order valence-corrected chi connectivity index (χ0v) is 26.9. The number of hydrogen-bond donors (Lipinski definition) is 4. The number of benzene rings is 1. The van der Waals surface area contributed by atoms with E-state index in [1.807, 2.05) is 35.2 Å². The lowest BCUT2D eigenvalue weighted by Crippen LogP contribution is -2.43. The van der Waals surface area contributed by atoms with E-state index in [-0.39, 0.29) is 13.0 Å². The number of aromatic nitrogens is 1. The number of alkyl halides is 1. The molecule has 3 aliphatic rings. The van der Waals surface area contributed by atoms with Crippen molar-refractivity contribution < 1.29 is 48.4 Å². The van der Waals surface area contributed by atoms with E-state index in [0.29, 0.717) is 58.7 Å². The standard InChI is InChI=1S/C34H43FN4O9/c35-33(9-8-26-7-6-23-4-2-11-36-31(23)37-26)10-12-38(22-33)21-25(24-3-1-5-27(17-24)39-13-15-47-16-14-39)18-29(42)48-30(43)20-34(46,32(44)45)19-28(40)41/h1,3,5-7,17,25,46H,2,4,8-16,18-22H2,(H,36,37)(H,40,41)(H,44,45)/t25-,33?,34?/m1/s1. The van der Waals surface area contributed by atoms with E-state index in [9.17, 15) is 29.4 Å². The molecule has 2 saturated heterocycles. The summed E-state index contributed by atoms with van der Waals surface area (Å²) in [5, 5.41) is 31.8. The van der Waals surface area contributed by atoms with Crippen molar-refractivity contribution in [3.05, 3.63) is 53.2 Å². The number of nitrogens with zero attached hydrogens (tertiary/aromatic N) is 3. The fourth-order valence-electron chi connectivity index (χ4n) is 6.64. The quantitative estimate of drug-likeness (QED) is 0.170. The van der Waals surface area contributed by atoms with Gasteiger partial charge in [0.15, 0.2) is 5.60 Å². The van der Waals surface area contributed by atoms with Crippen LogP contribution in [0.2, 0.25) is 0 Å². The number of esters is 2. The second kappa shape index (κ2) is 15.4. The molecule has 14 heteroatoms. The van der Waals surface area contributed by atoms with E-state index in [2.05, 4.69) is 16.3 Å². The highest BCUT2D eigenvalue weighted by atomic mass is 19.1. The average molecular weight is 671 g/mol. The molecule has 2 fully saturated rings. The molecule has 260 valence electrons. The van der Waals surface area contributed by atoms with Gasteiger partial charge in [-0.3, -0.25) is 19.3 Å². The normalized spacial score (nSPS) is 21.4. The van der Waals surface area contributed by atoms with Gasteiger partial charge in [0.1, 0.15) is 11.5 Å². The van der Waals surface area contributed by atoms with Gasteiger partial charge in [-0.05, 0) is 61.4 Å². The molecule has 0 amide bonds. The van der Waals surface area contributed by atoms with Crippen LogP contribution in [0.5, 0.6) is 0 Å². The molecular weight excluding hydrogens is 627 g/mol. The second-order valence-electron chi connectivity index (χ2n) is 13.0. The molecule has 2 unspecified atom stereocenters. The highest BCUT2D eigenvalue weighted by Crippen LogP contribution is 2.34. The summed E-state index contributed by atoms with van der Waals surface area (Å²) in [7, 11) is 0. The molecule has 3 atom stereocenters. The van der Waals surface area contributed by atoms with Crippen molar-refractivity contribution in [3.8, 4) is 0 Å². The Morgan fingerprint density at radius 2 is 1.88 bits per heavy atom. The average Bonchev–Trinajstić information content (AvgIpc) is 3.43. The molecule has 0 spiro atoms. The Labute approximate surface area is 278 Å². The maximum absolute atomic E-state index is 16.1. The fourth-order valence-corrected chi connectivity index (χ4v) is 6.64. The van der Waals surface area contributed by atoms with Crippen molar-refractivity contribution in [1.82, 2.24) is 9.88 Å². The van der Waals surface area contributed by atoms with Gasteiger partial charge in [-0.1, -0.05) is 18.2 Å². The van der Waals surface area contributed by atoms with Crippen LogP contribution in [0.3, 0.4) is 0 Å². The number of carbonyl (C=O) groups excluding carboxylic acids is 2. The first-order chi connectivity index (χ1) is 22.9. The van der Waals surface area contributed by atoms with Crippen molar-refractivity contribution in [3.63, 3.8) is 0 Å². The van der Waals surface area contributed by atoms with E-state index >= 15 is 4.39 Å². The van der Waals surface area contributed by atoms with Crippen molar-refractivity contribution in [2.45, 2.75) is 68.6 Å². The zero-order chi connectivity index (χ0) is 34.3. The van der Waals surface area contributed by atoms with Crippen LogP contribution in [0, 0.1) is 0 Å². The monoisotopic (exact) mass is 670 g/mol. The number of aliphatic carboxylic acids is 2. The third kappa shape index (κ3) is 9.26. The van der Waals surface area contributed by atoms with Gasteiger partial charge in [-0.15, -0.1) is 0 Å². The van der Waals surface area contributed by atoms with Gasteiger partial charge in [0.2, 0.25) is 0 Å². The summed E-state index contributed by atoms with van der Waals surface area (Å²) in [4.78, 5) is 56.9. The number of pyridine rings is 1. The number of aryl methyl sites for hydroxylation is 2. The van der Waals surface area contributed by atoms with Crippen molar-refractivity contribution in [2.75, 3.05) is 62.7 Å². The van der Waals surface area contributed by atoms with Crippen molar-refractivity contribution >= 4 is 35.4 Å². The van der Waals surface area contributed by atoms with E-state index in [1.54, 1.807) is 0 Å². The zero-order valence-electron chi connectivity index (χ0n) is 26.9. The summed E-state index contributed by atoms with van der Waals surface area (Å²) in [6, 6.07) is 11.7. The van der Waals surface area contributed by atoms with Crippen LogP contribution in [-0.2, 0) is 41.5 Å². The Morgan fingerprint density at radius 3 is 2.62 bits per heavy atom. The summed E-state index contributed by atoms with van der Waals surface area (Å²) >= 11 is 0. The maximum Gasteiger partial charge on any atom is 0.336 e. The number of nitrogens with one attached hydrogen (secondary N) is 1. The number of rotatable bonds is 14. The van der Waals surface area contributed by atoms with Gasteiger partial charge >= 0.3 is 23.9 Å². The SMILES string of the molecule is O=C(O)CC(O)(CC(=O)OC(=O)C[C@H](CN1CCC(F)(CCc2ccc3c(n2)NCCC3)C1)c1cccc(N2CCOCC2)c1)C(=O)O. The van der Waals surface area contributed by atoms with Crippen LogP contribution in [0.15, 0.2) is 36.4 Å². The molecule has 4 heterocycles. The summed E-state index contributed by atoms with van der Waals surface area (Å²) in [6.07, 6.45) is 0.387. The molecule has 48 heavy (non-hydrogen) atoms. The molecule has 4 N–H and O–H groups in total. The Balaban J connectivity index is 1.26. The first kappa shape index (κ1) is 35.2. The van der Waals surface area contributed by atoms with Crippen molar-refractivity contribution in [1.29, 1.82) is 0 Å². The lowest BCUT2D eigenvalue weighted by atomic mass is 9.94. The molecule has 0 saturated carbocycles. The van der Waals surface area contributed by atoms with Crippen molar-refractivity contribution in [2.24, 2.45) is 0 Å². The lowest BCUT2D eigenvalue weighted by molar-refractivity contribution is -0.174. The van der Waals surface area contributed by atoms with Gasteiger partial charge in [0.05, 0.1) is 32.5 Å². The highest BCUT2D eigenvalue weighted by molar-refractivity contribution is 5.92. The van der Waals surface area contributed by atoms with Crippen LogP contribution in [0.1, 0.15) is 61.3 Å². The summed E-state index contributed by atoms with van der Waals surface area (Å²) in [5.74, 6) is -5.52. The lowest BCUT2D eigenvalue weighted by Gasteiger charge is -2.30. The molecule has 13 nitrogen and oxygen atoms in total. The molecule has 3 aliphatic heterocycles. The van der Waals surface area contributed by atoms with Crippen LogP contribution >= 0.6 is 0 Å². The molecule has 0 aliphatic carbocycles. The van der Waals surface area contributed by atoms with Gasteiger partial charge in [0.25, 0.3) is 0 Å². The summed E-state index contributed by atoms with van der Waals surface area (Å²) in [6.45, 7) is 4.33. The largest absolute Gasteiger partial charge is 0.481 e. The molecule has 1 aromatic heterocycles. The predicted molar refractivity (Wildman–Crippen MR) is 172 cm³/mol. The molecule has 1 aromatic carbocycles. The second-order valence-corrected chi connectivity index (χ2v) is 13.0. The Kier molecular flexibility index (Phi) is 11.3. The Morgan fingerprint density at radius 1 is 1.08 bits per heavy atom. The van der Waals surface area contributed by atoms with Crippen LogP contribution in [0.25, 0.3) is 0 Å². The molecule has 2 aromatic rings. The van der Waals surface area contributed by atoms with Gasteiger partial charge in [-0.25, -0.2) is 14.2 Å².